The highest BCUT2D eigenvalue weighted by Crippen LogP contribution is 2.32. The molecule has 0 saturated carbocycles. The highest BCUT2D eigenvalue weighted by Gasteiger charge is 2.13. The van der Waals surface area contributed by atoms with E-state index in [1.807, 2.05) is 0 Å². The predicted octanol–water partition coefficient (Wildman–Crippen LogP) is 4.59. The van der Waals surface area contributed by atoms with E-state index in [0.717, 1.165) is 0 Å². The third-order valence-corrected chi connectivity index (χ3v) is 2.92. The Hall–Kier alpha value is -1.36. The number of hydrogen-bond donors (Lipinski definition) is 0. The number of rotatable bonds is 2. The molecule has 0 radical (unpaired) electrons. The van der Waals surface area contributed by atoms with Crippen molar-refractivity contribution in [3.63, 3.8) is 0 Å². The molecule has 5 heteroatoms. The lowest BCUT2D eigenvalue weighted by molar-refractivity contribution is 0.146. The second-order valence-electron chi connectivity index (χ2n) is 3.37. The summed E-state index contributed by atoms with van der Waals surface area (Å²) in [6.07, 6.45) is -1.42. The first-order valence-corrected chi connectivity index (χ1v) is 5.57. The van der Waals surface area contributed by atoms with Crippen molar-refractivity contribution in [2.75, 3.05) is 0 Å². The number of benzene rings is 1. The van der Waals surface area contributed by atoms with Crippen molar-refractivity contribution in [1.29, 1.82) is 0 Å². The molecular formula is C12H7BrF3N. The molecule has 2 aromatic rings. The number of pyridine rings is 1. The van der Waals surface area contributed by atoms with Crippen molar-refractivity contribution in [3.05, 3.63) is 52.5 Å². The highest BCUT2D eigenvalue weighted by atomic mass is 79.9. The standard InChI is InChI=1S/C12H7BrF3N/c13-8-2-1-3-9(14)11(8)7-4-5-17-10(6-7)12(15)16/h1-6,12H. The normalized spacial score (nSPS) is 10.9. The zero-order chi connectivity index (χ0) is 12.4. The number of aromatic nitrogens is 1. The van der Waals surface area contributed by atoms with E-state index in [1.165, 1.54) is 30.5 Å². The molecule has 2 rings (SSSR count). The van der Waals surface area contributed by atoms with E-state index in [0.29, 0.717) is 10.0 Å². The smallest absolute Gasteiger partial charge is 0.255 e. The van der Waals surface area contributed by atoms with Gasteiger partial charge in [-0.25, -0.2) is 13.2 Å². The van der Waals surface area contributed by atoms with Crippen molar-refractivity contribution >= 4 is 15.9 Å². The maximum atomic E-state index is 13.6. The van der Waals surface area contributed by atoms with Crippen molar-refractivity contribution in [2.24, 2.45) is 0 Å². The van der Waals surface area contributed by atoms with E-state index in [1.54, 1.807) is 6.07 Å². The largest absolute Gasteiger partial charge is 0.280 e. The molecule has 0 fully saturated rings. The summed E-state index contributed by atoms with van der Waals surface area (Å²) < 4.78 is 39.1. The van der Waals surface area contributed by atoms with E-state index in [2.05, 4.69) is 20.9 Å². The topological polar surface area (TPSA) is 12.9 Å². The van der Waals surface area contributed by atoms with E-state index in [4.69, 9.17) is 0 Å². The van der Waals surface area contributed by atoms with Gasteiger partial charge in [-0.15, -0.1) is 0 Å². The summed E-state index contributed by atoms with van der Waals surface area (Å²) in [5.41, 5.74) is 0.273. The molecule has 88 valence electrons. The maximum Gasteiger partial charge on any atom is 0.280 e. The third-order valence-electron chi connectivity index (χ3n) is 2.26. The lowest BCUT2D eigenvalue weighted by Gasteiger charge is -2.07. The van der Waals surface area contributed by atoms with Gasteiger partial charge in [0.15, 0.2) is 0 Å². The van der Waals surface area contributed by atoms with Crippen LogP contribution in [0.4, 0.5) is 13.2 Å². The third kappa shape index (κ3) is 2.49. The van der Waals surface area contributed by atoms with Gasteiger partial charge in [-0.3, -0.25) is 4.98 Å². The van der Waals surface area contributed by atoms with E-state index >= 15 is 0 Å². The average molecular weight is 302 g/mol. The Bertz CT molecular complexity index is 523. The van der Waals surface area contributed by atoms with Crippen LogP contribution in [0.25, 0.3) is 11.1 Å². The van der Waals surface area contributed by atoms with E-state index < -0.39 is 12.2 Å². The van der Waals surface area contributed by atoms with Crippen molar-refractivity contribution < 1.29 is 13.2 Å². The first-order chi connectivity index (χ1) is 8.09. The Morgan fingerprint density at radius 3 is 2.59 bits per heavy atom. The molecule has 0 bridgehead atoms. The Kier molecular flexibility index (Phi) is 3.47. The van der Waals surface area contributed by atoms with Crippen LogP contribution in [-0.4, -0.2) is 4.98 Å². The zero-order valence-corrected chi connectivity index (χ0v) is 10.1. The summed E-state index contributed by atoms with van der Waals surface area (Å²) >= 11 is 3.20. The maximum absolute atomic E-state index is 13.6. The van der Waals surface area contributed by atoms with Crippen LogP contribution in [0, 0.1) is 5.82 Å². The molecule has 0 unspecified atom stereocenters. The molecular weight excluding hydrogens is 295 g/mol. The average Bonchev–Trinajstić information content (AvgIpc) is 2.29. The number of hydrogen-bond acceptors (Lipinski definition) is 1. The Morgan fingerprint density at radius 1 is 1.18 bits per heavy atom. The van der Waals surface area contributed by atoms with Gasteiger partial charge in [0, 0.05) is 16.2 Å². The summed E-state index contributed by atoms with van der Waals surface area (Å²) in [6.45, 7) is 0. The quantitative estimate of drug-likeness (QED) is 0.791. The van der Waals surface area contributed by atoms with E-state index in [9.17, 15) is 13.2 Å². The van der Waals surface area contributed by atoms with Gasteiger partial charge in [0.1, 0.15) is 11.5 Å². The summed E-state index contributed by atoms with van der Waals surface area (Å²) in [4.78, 5) is 3.54. The molecule has 1 nitrogen and oxygen atoms in total. The van der Waals surface area contributed by atoms with Crippen LogP contribution in [-0.2, 0) is 0 Å². The minimum Gasteiger partial charge on any atom is -0.255 e. The van der Waals surface area contributed by atoms with Gasteiger partial charge >= 0.3 is 0 Å². The Labute approximate surface area is 104 Å². The highest BCUT2D eigenvalue weighted by molar-refractivity contribution is 9.10. The van der Waals surface area contributed by atoms with Crippen LogP contribution in [0.2, 0.25) is 0 Å². The van der Waals surface area contributed by atoms with Crippen molar-refractivity contribution in [1.82, 2.24) is 4.98 Å². The van der Waals surface area contributed by atoms with E-state index in [-0.39, 0.29) is 11.3 Å². The van der Waals surface area contributed by atoms with Gasteiger partial charge in [-0.2, -0.15) is 0 Å². The van der Waals surface area contributed by atoms with Crippen molar-refractivity contribution in [2.45, 2.75) is 6.43 Å². The van der Waals surface area contributed by atoms with Crippen molar-refractivity contribution in [3.8, 4) is 11.1 Å². The molecule has 0 N–H and O–H groups in total. The minimum atomic E-state index is -2.67. The number of nitrogens with zero attached hydrogens (tertiary/aromatic N) is 1. The van der Waals surface area contributed by atoms with Crippen LogP contribution in [0.5, 0.6) is 0 Å². The van der Waals surface area contributed by atoms with Crippen LogP contribution in [0.1, 0.15) is 12.1 Å². The molecule has 0 aliphatic heterocycles. The van der Waals surface area contributed by atoms with Gasteiger partial charge < -0.3 is 0 Å². The molecule has 0 spiro atoms. The fourth-order valence-electron chi connectivity index (χ4n) is 1.50. The number of halogens is 4. The fraction of sp³-hybridized carbons (Fsp3) is 0.0833. The molecule has 1 heterocycles. The van der Waals surface area contributed by atoms with Crippen LogP contribution >= 0.6 is 15.9 Å². The zero-order valence-electron chi connectivity index (χ0n) is 8.50. The molecule has 0 amide bonds. The minimum absolute atomic E-state index is 0.261. The van der Waals surface area contributed by atoms with Gasteiger partial charge in [0.05, 0.1) is 0 Å². The fourth-order valence-corrected chi connectivity index (χ4v) is 2.07. The molecule has 0 aliphatic carbocycles. The van der Waals surface area contributed by atoms with Crippen LogP contribution < -0.4 is 0 Å². The van der Waals surface area contributed by atoms with Crippen LogP contribution in [0.3, 0.4) is 0 Å². The second-order valence-corrected chi connectivity index (χ2v) is 4.22. The summed E-state index contributed by atoms with van der Waals surface area (Å²) in [5, 5.41) is 0. The molecule has 1 aromatic heterocycles. The lowest BCUT2D eigenvalue weighted by atomic mass is 10.1. The first-order valence-electron chi connectivity index (χ1n) is 4.78. The second kappa shape index (κ2) is 4.87. The van der Waals surface area contributed by atoms with Gasteiger partial charge in [-0.1, -0.05) is 22.0 Å². The first kappa shape index (κ1) is 12.1. The van der Waals surface area contributed by atoms with Crippen LogP contribution in [0.15, 0.2) is 41.0 Å². The summed E-state index contributed by atoms with van der Waals surface area (Å²) in [5.74, 6) is -0.467. The molecule has 0 atom stereocenters. The molecule has 1 aromatic carbocycles. The predicted molar refractivity (Wildman–Crippen MR) is 62.3 cm³/mol. The van der Waals surface area contributed by atoms with Gasteiger partial charge in [-0.05, 0) is 29.8 Å². The molecule has 17 heavy (non-hydrogen) atoms. The summed E-state index contributed by atoms with van der Waals surface area (Å²) in [7, 11) is 0. The monoisotopic (exact) mass is 301 g/mol. The van der Waals surface area contributed by atoms with Gasteiger partial charge in [0.2, 0.25) is 0 Å². The Balaban J connectivity index is 2.57. The Morgan fingerprint density at radius 2 is 1.94 bits per heavy atom. The summed E-state index contributed by atoms with van der Waals surface area (Å²) in [6, 6.07) is 7.16. The van der Waals surface area contributed by atoms with Gasteiger partial charge in [0.25, 0.3) is 6.43 Å². The lowest BCUT2D eigenvalue weighted by Crippen LogP contribution is -1.92. The molecule has 0 saturated heterocycles. The number of alkyl halides is 2. The molecule has 0 aliphatic rings. The SMILES string of the molecule is Fc1cccc(Br)c1-c1ccnc(C(F)F)c1.